The third kappa shape index (κ3) is 3.62. The second-order valence-corrected chi connectivity index (χ2v) is 6.45. The third-order valence-electron chi connectivity index (χ3n) is 5.04. The van der Waals surface area contributed by atoms with E-state index in [9.17, 15) is 5.11 Å². The Hall–Kier alpha value is -1.10. The van der Waals surface area contributed by atoms with E-state index in [1.54, 1.807) is 0 Å². The fraction of sp³-hybridized carbons (Fsp3) is 0.667. The molecule has 0 amide bonds. The van der Waals surface area contributed by atoms with Crippen molar-refractivity contribution < 1.29 is 14.6 Å². The van der Waals surface area contributed by atoms with E-state index in [0.717, 1.165) is 51.3 Å². The maximum Gasteiger partial charge on any atom is 0.122 e. The lowest BCUT2D eigenvalue weighted by Gasteiger charge is -2.40. The third-order valence-corrected chi connectivity index (χ3v) is 5.04. The number of hydrogen-bond donors (Lipinski definition) is 1. The van der Waals surface area contributed by atoms with Gasteiger partial charge in [0.15, 0.2) is 0 Å². The Morgan fingerprint density at radius 3 is 2.95 bits per heavy atom. The van der Waals surface area contributed by atoms with Crippen molar-refractivity contribution in [1.82, 2.24) is 4.90 Å². The van der Waals surface area contributed by atoms with Gasteiger partial charge < -0.3 is 14.6 Å². The molecule has 0 unspecified atom stereocenters. The fourth-order valence-corrected chi connectivity index (χ4v) is 3.74. The van der Waals surface area contributed by atoms with E-state index in [2.05, 4.69) is 17.9 Å². The summed E-state index contributed by atoms with van der Waals surface area (Å²) in [7, 11) is 0. The van der Waals surface area contributed by atoms with Crippen LogP contribution in [0, 0.1) is 12.8 Å². The van der Waals surface area contributed by atoms with Crippen LogP contribution in [0.3, 0.4) is 0 Å². The van der Waals surface area contributed by atoms with E-state index in [1.807, 2.05) is 18.2 Å². The molecule has 0 bridgehead atoms. The lowest BCUT2D eigenvalue weighted by atomic mass is 9.94. The van der Waals surface area contributed by atoms with Crippen LogP contribution < -0.4 is 4.74 Å². The smallest absolute Gasteiger partial charge is 0.122 e. The van der Waals surface area contributed by atoms with Crippen LogP contribution in [0.25, 0.3) is 0 Å². The van der Waals surface area contributed by atoms with Crippen LogP contribution in [0.4, 0.5) is 0 Å². The molecular formula is C18H27NO3. The molecule has 22 heavy (non-hydrogen) atoms. The number of rotatable bonds is 5. The molecule has 2 aliphatic rings. The van der Waals surface area contributed by atoms with Gasteiger partial charge in [-0.15, -0.1) is 0 Å². The normalized spacial score (nSPS) is 29.6. The van der Waals surface area contributed by atoms with Crippen molar-refractivity contribution >= 4 is 0 Å². The Balaban J connectivity index is 1.54. The van der Waals surface area contributed by atoms with E-state index >= 15 is 0 Å². The van der Waals surface area contributed by atoms with Crippen molar-refractivity contribution in [3.8, 4) is 5.75 Å². The van der Waals surface area contributed by atoms with E-state index in [0.29, 0.717) is 18.6 Å². The molecular weight excluding hydrogens is 278 g/mol. The largest absolute Gasteiger partial charge is 0.492 e. The molecule has 4 nitrogen and oxygen atoms in total. The summed E-state index contributed by atoms with van der Waals surface area (Å²) >= 11 is 0. The molecule has 1 saturated carbocycles. The predicted molar refractivity (Wildman–Crippen MR) is 86.2 cm³/mol. The highest BCUT2D eigenvalue weighted by Gasteiger charge is 2.37. The van der Waals surface area contributed by atoms with Gasteiger partial charge in [0.2, 0.25) is 0 Å². The topological polar surface area (TPSA) is 41.9 Å². The number of nitrogens with zero attached hydrogens (tertiary/aromatic N) is 1. The second kappa shape index (κ2) is 7.44. The Morgan fingerprint density at radius 1 is 1.32 bits per heavy atom. The molecule has 2 fully saturated rings. The zero-order valence-electron chi connectivity index (χ0n) is 13.4. The van der Waals surface area contributed by atoms with E-state index in [-0.39, 0.29) is 6.10 Å². The first-order chi connectivity index (χ1) is 10.8. The Morgan fingerprint density at radius 2 is 2.18 bits per heavy atom. The number of benzene rings is 1. The quantitative estimate of drug-likeness (QED) is 0.906. The van der Waals surface area contributed by atoms with Crippen LogP contribution in [0.15, 0.2) is 24.3 Å². The summed E-state index contributed by atoms with van der Waals surface area (Å²) in [4.78, 5) is 2.45. The van der Waals surface area contributed by atoms with Crippen molar-refractivity contribution in [2.75, 3.05) is 32.9 Å². The van der Waals surface area contributed by atoms with Crippen molar-refractivity contribution in [2.24, 2.45) is 5.92 Å². The molecule has 1 aromatic carbocycles. The van der Waals surface area contributed by atoms with Crippen molar-refractivity contribution in [1.29, 1.82) is 0 Å². The van der Waals surface area contributed by atoms with E-state index in [1.165, 1.54) is 5.56 Å². The first-order valence-corrected chi connectivity index (χ1v) is 8.44. The first-order valence-electron chi connectivity index (χ1n) is 8.44. The van der Waals surface area contributed by atoms with E-state index < -0.39 is 0 Å². The maximum absolute atomic E-state index is 10.2. The summed E-state index contributed by atoms with van der Waals surface area (Å²) in [5.74, 6) is 1.33. The SMILES string of the molecule is Cc1ccccc1OCCN1CCOC[C@@H]1[C@@H]1CCC[C@@H]1O. The molecule has 4 heteroatoms. The summed E-state index contributed by atoms with van der Waals surface area (Å²) in [5, 5.41) is 10.2. The summed E-state index contributed by atoms with van der Waals surface area (Å²) in [6.45, 7) is 6.11. The number of para-hydroxylation sites is 1. The van der Waals surface area contributed by atoms with Gasteiger partial charge in [0.05, 0.1) is 19.3 Å². The zero-order chi connectivity index (χ0) is 15.4. The Labute approximate surface area is 133 Å². The van der Waals surface area contributed by atoms with Crippen LogP contribution in [0.5, 0.6) is 5.75 Å². The van der Waals surface area contributed by atoms with Crippen molar-refractivity contribution in [3.63, 3.8) is 0 Å². The zero-order valence-corrected chi connectivity index (χ0v) is 13.4. The van der Waals surface area contributed by atoms with Crippen LogP contribution in [-0.4, -0.2) is 55.1 Å². The van der Waals surface area contributed by atoms with Gasteiger partial charge in [-0.05, 0) is 31.4 Å². The van der Waals surface area contributed by atoms with Crippen molar-refractivity contribution in [2.45, 2.75) is 38.3 Å². The minimum absolute atomic E-state index is 0.161. The highest BCUT2D eigenvalue weighted by atomic mass is 16.5. The molecule has 3 rings (SSSR count). The second-order valence-electron chi connectivity index (χ2n) is 6.45. The fourth-order valence-electron chi connectivity index (χ4n) is 3.74. The van der Waals surface area contributed by atoms with Gasteiger partial charge in [-0.25, -0.2) is 0 Å². The molecule has 1 aromatic rings. The van der Waals surface area contributed by atoms with Crippen molar-refractivity contribution in [3.05, 3.63) is 29.8 Å². The van der Waals surface area contributed by atoms with Crippen LogP contribution >= 0.6 is 0 Å². The van der Waals surface area contributed by atoms with Gasteiger partial charge in [0, 0.05) is 25.0 Å². The highest BCUT2D eigenvalue weighted by Crippen LogP contribution is 2.32. The van der Waals surface area contributed by atoms with Gasteiger partial charge >= 0.3 is 0 Å². The average molecular weight is 305 g/mol. The molecule has 1 saturated heterocycles. The van der Waals surface area contributed by atoms with Gasteiger partial charge in [0.1, 0.15) is 12.4 Å². The van der Waals surface area contributed by atoms with Gasteiger partial charge in [-0.3, -0.25) is 4.90 Å². The minimum Gasteiger partial charge on any atom is -0.492 e. The molecule has 3 atom stereocenters. The molecule has 1 aliphatic carbocycles. The maximum atomic E-state index is 10.2. The number of ether oxygens (including phenoxy) is 2. The minimum atomic E-state index is -0.161. The first kappa shape index (κ1) is 15.8. The Kier molecular flexibility index (Phi) is 5.34. The average Bonchev–Trinajstić information content (AvgIpc) is 2.96. The van der Waals surface area contributed by atoms with Gasteiger partial charge in [-0.1, -0.05) is 24.6 Å². The van der Waals surface area contributed by atoms with E-state index in [4.69, 9.17) is 9.47 Å². The lowest BCUT2D eigenvalue weighted by Crippen LogP contribution is -2.52. The summed E-state index contributed by atoms with van der Waals surface area (Å²) < 4.78 is 11.6. The Bertz CT molecular complexity index is 479. The predicted octanol–water partition coefficient (Wildman–Crippen LogP) is 2.24. The molecule has 1 heterocycles. The summed E-state index contributed by atoms with van der Waals surface area (Å²) in [6.07, 6.45) is 3.03. The number of aryl methyl sites for hydroxylation is 1. The monoisotopic (exact) mass is 305 g/mol. The number of aliphatic hydroxyl groups is 1. The number of morpholine rings is 1. The molecule has 0 spiro atoms. The number of hydrogen-bond acceptors (Lipinski definition) is 4. The molecule has 1 N–H and O–H groups in total. The number of aliphatic hydroxyl groups excluding tert-OH is 1. The molecule has 122 valence electrons. The van der Waals surface area contributed by atoms with Gasteiger partial charge in [0.25, 0.3) is 0 Å². The lowest BCUT2D eigenvalue weighted by molar-refractivity contribution is -0.0532. The molecule has 1 aliphatic heterocycles. The van der Waals surface area contributed by atoms with Crippen LogP contribution in [-0.2, 0) is 4.74 Å². The summed E-state index contributed by atoms with van der Waals surface area (Å²) in [6, 6.07) is 8.47. The molecule has 0 aromatic heterocycles. The van der Waals surface area contributed by atoms with Crippen LogP contribution in [0.1, 0.15) is 24.8 Å². The van der Waals surface area contributed by atoms with Crippen LogP contribution in [0.2, 0.25) is 0 Å². The van der Waals surface area contributed by atoms with Gasteiger partial charge in [-0.2, -0.15) is 0 Å². The molecule has 0 radical (unpaired) electrons. The summed E-state index contributed by atoms with van der Waals surface area (Å²) in [5.41, 5.74) is 1.17. The highest BCUT2D eigenvalue weighted by molar-refractivity contribution is 5.31. The standard InChI is InChI=1S/C18H27NO3/c1-14-5-2-3-8-18(14)22-12-10-19-9-11-21-13-16(19)15-6-4-7-17(15)20/h2-3,5,8,15-17,20H,4,6-7,9-13H2,1H3/t15-,16+,17-/m0/s1.